The summed E-state index contributed by atoms with van der Waals surface area (Å²) in [5.74, 6) is -1.14. The van der Waals surface area contributed by atoms with Gasteiger partial charge in [-0.25, -0.2) is 4.39 Å². The zero-order chi connectivity index (χ0) is 22.4. The van der Waals surface area contributed by atoms with Crippen molar-refractivity contribution in [2.24, 2.45) is 0 Å². The van der Waals surface area contributed by atoms with Crippen molar-refractivity contribution in [3.05, 3.63) is 100 Å². The van der Waals surface area contributed by atoms with Crippen LogP contribution in [0, 0.1) is 5.82 Å². The number of carbonyl (C=O) groups is 2. The molecular weight excluding hydrogens is 397 g/mol. The van der Waals surface area contributed by atoms with Gasteiger partial charge in [-0.15, -0.1) is 0 Å². The lowest BCUT2D eigenvalue weighted by Crippen LogP contribution is -2.37. The molecule has 6 nitrogen and oxygen atoms in total. The molecule has 1 N–H and O–H groups in total. The standard InChI is InChI=1S/C24H24FN3O3/c1-17(18-7-4-3-5-8-18)15-27(2)22(29)16-28-14-6-9-21(24(28)31)23(30)26-20-12-10-19(25)11-13-20/h3-14,17H,15-16H2,1-2H3,(H,26,30)/t17-/m0/s1. The molecule has 0 spiro atoms. The van der Waals surface area contributed by atoms with Gasteiger partial charge in [-0.05, 0) is 47.9 Å². The van der Waals surface area contributed by atoms with E-state index in [1.54, 1.807) is 18.0 Å². The normalized spacial score (nSPS) is 11.6. The summed E-state index contributed by atoms with van der Waals surface area (Å²) in [7, 11) is 1.69. The molecule has 0 saturated heterocycles. The van der Waals surface area contributed by atoms with E-state index in [2.05, 4.69) is 5.32 Å². The number of hydrogen-bond acceptors (Lipinski definition) is 3. The van der Waals surface area contributed by atoms with Crippen molar-refractivity contribution < 1.29 is 14.0 Å². The third-order valence-corrected chi connectivity index (χ3v) is 5.01. The van der Waals surface area contributed by atoms with Crippen molar-refractivity contribution in [1.29, 1.82) is 0 Å². The van der Waals surface area contributed by atoms with Gasteiger partial charge in [0, 0.05) is 25.5 Å². The molecule has 1 atom stereocenters. The first kappa shape index (κ1) is 22.0. The Kier molecular flexibility index (Phi) is 6.97. The van der Waals surface area contributed by atoms with Crippen molar-refractivity contribution in [2.75, 3.05) is 18.9 Å². The van der Waals surface area contributed by atoms with Gasteiger partial charge in [-0.2, -0.15) is 0 Å². The van der Waals surface area contributed by atoms with Gasteiger partial charge in [0.05, 0.1) is 0 Å². The van der Waals surface area contributed by atoms with Crippen molar-refractivity contribution in [2.45, 2.75) is 19.4 Å². The van der Waals surface area contributed by atoms with Crippen LogP contribution in [-0.4, -0.2) is 34.9 Å². The first-order valence-electron chi connectivity index (χ1n) is 9.90. The van der Waals surface area contributed by atoms with Crippen LogP contribution >= 0.6 is 0 Å². The molecule has 31 heavy (non-hydrogen) atoms. The molecule has 0 bridgehead atoms. The molecular formula is C24H24FN3O3. The summed E-state index contributed by atoms with van der Waals surface area (Å²) in [5.41, 5.74) is 0.825. The number of nitrogens with zero attached hydrogens (tertiary/aromatic N) is 2. The Labute approximate surface area is 179 Å². The minimum Gasteiger partial charge on any atom is -0.344 e. The number of pyridine rings is 1. The number of benzene rings is 2. The van der Waals surface area contributed by atoms with Crippen molar-refractivity contribution >= 4 is 17.5 Å². The van der Waals surface area contributed by atoms with E-state index >= 15 is 0 Å². The van der Waals surface area contributed by atoms with Gasteiger partial charge in [-0.1, -0.05) is 37.3 Å². The summed E-state index contributed by atoms with van der Waals surface area (Å²) >= 11 is 0. The van der Waals surface area contributed by atoms with Gasteiger partial charge in [0.15, 0.2) is 0 Å². The Bertz CT molecular complexity index is 1110. The van der Waals surface area contributed by atoms with Crippen LogP contribution in [0.1, 0.15) is 28.8 Å². The molecule has 0 fully saturated rings. The molecule has 2 amide bonds. The van der Waals surface area contributed by atoms with Crippen LogP contribution in [0.15, 0.2) is 77.7 Å². The maximum atomic E-state index is 13.0. The van der Waals surface area contributed by atoms with Crippen LogP contribution in [-0.2, 0) is 11.3 Å². The van der Waals surface area contributed by atoms with E-state index < -0.39 is 17.3 Å². The SMILES string of the molecule is C[C@@H](CN(C)C(=O)Cn1cccc(C(=O)Nc2ccc(F)cc2)c1=O)c1ccccc1. The number of nitrogens with one attached hydrogen (secondary N) is 1. The second-order valence-electron chi connectivity index (χ2n) is 7.40. The van der Waals surface area contributed by atoms with E-state index in [4.69, 9.17) is 0 Å². The quantitative estimate of drug-likeness (QED) is 0.635. The molecule has 2 aromatic carbocycles. The zero-order valence-electron chi connectivity index (χ0n) is 17.4. The number of anilines is 1. The maximum Gasteiger partial charge on any atom is 0.263 e. The van der Waals surface area contributed by atoms with E-state index in [0.717, 1.165) is 5.56 Å². The summed E-state index contributed by atoms with van der Waals surface area (Å²) in [6, 6.07) is 18.0. The zero-order valence-corrected chi connectivity index (χ0v) is 17.4. The fraction of sp³-hybridized carbons (Fsp3) is 0.208. The lowest BCUT2D eigenvalue weighted by Gasteiger charge is -2.22. The minimum absolute atomic E-state index is 0.0973. The number of rotatable bonds is 7. The van der Waals surface area contributed by atoms with Crippen LogP contribution in [0.5, 0.6) is 0 Å². The third kappa shape index (κ3) is 5.66. The average Bonchev–Trinajstić information content (AvgIpc) is 2.77. The number of likely N-dealkylation sites (N-methyl/N-ethyl adjacent to an activating group) is 1. The first-order chi connectivity index (χ1) is 14.8. The van der Waals surface area contributed by atoms with Gasteiger partial charge in [-0.3, -0.25) is 14.4 Å². The molecule has 0 aliphatic heterocycles. The van der Waals surface area contributed by atoms with Gasteiger partial charge in [0.1, 0.15) is 17.9 Å². The summed E-state index contributed by atoms with van der Waals surface area (Å²) in [6.07, 6.45) is 1.48. The molecule has 1 heterocycles. The largest absolute Gasteiger partial charge is 0.344 e. The fourth-order valence-corrected chi connectivity index (χ4v) is 3.23. The van der Waals surface area contributed by atoms with Crippen molar-refractivity contribution in [3.63, 3.8) is 0 Å². The molecule has 1 aromatic heterocycles. The Morgan fingerprint density at radius 3 is 2.39 bits per heavy atom. The molecule has 0 aliphatic rings. The van der Waals surface area contributed by atoms with Crippen LogP contribution in [0.25, 0.3) is 0 Å². The van der Waals surface area contributed by atoms with Gasteiger partial charge in [0.25, 0.3) is 11.5 Å². The monoisotopic (exact) mass is 421 g/mol. The van der Waals surface area contributed by atoms with Crippen LogP contribution in [0.2, 0.25) is 0 Å². The molecule has 0 unspecified atom stereocenters. The predicted octanol–water partition coefficient (Wildman–Crippen LogP) is 3.50. The van der Waals surface area contributed by atoms with E-state index in [0.29, 0.717) is 12.2 Å². The third-order valence-electron chi connectivity index (χ3n) is 5.01. The molecule has 0 radical (unpaired) electrons. The highest BCUT2D eigenvalue weighted by molar-refractivity contribution is 6.04. The van der Waals surface area contributed by atoms with E-state index in [-0.39, 0.29) is 23.9 Å². The highest BCUT2D eigenvalue weighted by Gasteiger charge is 2.17. The Hall–Kier alpha value is -3.74. The van der Waals surface area contributed by atoms with Gasteiger partial charge < -0.3 is 14.8 Å². The average molecular weight is 421 g/mol. The van der Waals surface area contributed by atoms with E-state index in [9.17, 15) is 18.8 Å². The van der Waals surface area contributed by atoms with Gasteiger partial charge in [0.2, 0.25) is 5.91 Å². The highest BCUT2D eigenvalue weighted by atomic mass is 19.1. The Morgan fingerprint density at radius 1 is 1.03 bits per heavy atom. The summed E-state index contributed by atoms with van der Waals surface area (Å²) in [6.45, 7) is 2.36. The molecule has 0 aliphatic carbocycles. The van der Waals surface area contributed by atoms with Crippen molar-refractivity contribution in [3.8, 4) is 0 Å². The van der Waals surface area contributed by atoms with Gasteiger partial charge >= 0.3 is 0 Å². The van der Waals surface area contributed by atoms with E-state index in [1.807, 2.05) is 37.3 Å². The molecule has 3 rings (SSSR count). The second kappa shape index (κ2) is 9.84. The number of hydrogen-bond donors (Lipinski definition) is 1. The van der Waals surface area contributed by atoms with Crippen molar-refractivity contribution in [1.82, 2.24) is 9.47 Å². The predicted molar refractivity (Wildman–Crippen MR) is 118 cm³/mol. The summed E-state index contributed by atoms with van der Waals surface area (Å²) < 4.78 is 14.2. The molecule has 0 saturated carbocycles. The molecule has 7 heteroatoms. The summed E-state index contributed by atoms with van der Waals surface area (Å²) in [5, 5.41) is 2.56. The van der Waals surface area contributed by atoms with Crippen LogP contribution in [0.3, 0.4) is 0 Å². The first-order valence-corrected chi connectivity index (χ1v) is 9.90. The lowest BCUT2D eigenvalue weighted by molar-refractivity contribution is -0.130. The number of amides is 2. The minimum atomic E-state index is -0.621. The highest BCUT2D eigenvalue weighted by Crippen LogP contribution is 2.15. The number of aromatic nitrogens is 1. The van der Waals surface area contributed by atoms with E-state index in [1.165, 1.54) is 41.1 Å². The lowest BCUT2D eigenvalue weighted by atomic mass is 10.0. The molecule has 160 valence electrons. The Morgan fingerprint density at radius 2 is 1.71 bits per heavy atom. The topological polar surface area (TPSA) is 71.4 Å². The van der Waals surface area contributed by atoms with Crippen LogP contribution < -0.4 is 10.9 Å². The number of carbonyl (C=O) groups excluding carboxylic acids is 2. The summed E-state index contributed by atoms with van der Waals surface area (Å²) in [4.78, 5) is 39.5. The fourth-order valence-electron chi connectivity index (χ4n) is 3.23. The van der Waals surface area contributed by atoms with Crippen LogP contribution in [0.4, 0.5) is 10.1 Å². The maximum absolute atomic E-state index is 13.0. The smallest absolute Gasteiger partial charge is 0.263 e. The Balaban J connectivity index is 1.67. The second-order valence-corrected chi connectivity index (χ2v) is 7.40. The molecule has 3 aromatic rings. The number of halogens is 1.